The molecule has 0 aliphatic carbocycles. The van der Waals surface area contributed by atoms with Gasteiger partial charge in [-0.3, -0.25) is 14.9 Å². The van der Waals surface area contributed by atoms with Crippen molar-refractivity contribution in [3.63, 3.8) is 0 Å². The summed E-state index contributed by atoms with van der Waals surface area (Å²) in [5, 5.41) is 15.0. The average Bonchev–Trinajstić information content (AvgIpc) is 2.28. The largest absolute Gasteiger partial charge is 0.288 e. The number of nitrogens with one attached hydrogen (secondary N) is 1. The highest BCUT2D eigenvalue weighted by Crippen LogP contribution is 2.32. The molecule has 0 spiro atoms. The first kappa shape index (κ1) is 13.5. The summed E-state index contributed by atoms with van der Waals surface area (Å²) in [5.41, 5.74) is 2.93. The van der Waals surface area contributed by atoms with Crippen LogP contribution in [0.25, 0.3) is 0 Å². The van der Waals surface area contributed by atoms with Crippen LogP contribution < -0.4 is 5.43 Å². The van der Waals surface area contributed by atoms with Gasteiger partial charge in [0.15, 0.2) is 0 Å². The molecule has 1 amide bonds. The molecule has 1 aromatic carbocycles. The summed E-state index contributed by atoms with van der Waals surface area (Å²) in [6.07, 6.45) is 0.280. The molecule has 0 unspecified atom stereocenters. The lowest BCUT2D eigenvalue weighted by molar-refractivity contribution is -0.384. The highest BCUT2D eigenvalue weighted by Gasteiger charge is 2.33. The Bertz CT molecular complexity index is 596. The molecule has 1 aliphatic heterocycles. The second-order valence-corrected chi connectivity index (χ2v) is 5.39. The van der Waals surface area contributed by atoms with Crippen LogP contribution in [0.3, 0.4) is 0 Å². The Morgan fingerprint density at radius 2 is 2.16 bits per heavy atom. The van der Waals surface area contributed by atoms with E-state index in [1.807, 2.05) is 13.8 Å². The predicted molar refractivity (Wildman–Crippen MR) is 71.2 cm³/mol. The molecule has 0 saturated carbocycles. The third kappa shape index (κ3) is 2.58. The van der Waals surface area contributed by atoms with Gasteiger partial charge in [-0.15, -0.1) is 0 Å². The third-order valence-electron chi connectivity index (χ3n) is 2.95. The number of hydrogen-bond acceptors (Lipinski definition) is 4. The lowest BCUT2D eigenvalue weighted by Gasteiger charge is -2.29. The van der Waals surface area contributed by atoms with Gasteiger partial charge in [0.1, 0.15) is 5.02 Å². The Labute approximate surface area is 114 Å². The van der Waals surface area contributed by atoms with E-state index in [2.05, 4.69) is 10.5 Å². The predicted octanol–water partition coefficient (Wildman–Crippen LogP) is 2.50. The minimum atomic E-state index is -0.541. The Balaban J connectivity index is 2.50. The van der Waals surface area contributed by atoms with Crippen molar-refractivity contribution in [1.29, 1.82) is 0 Å². The molecule has 2 rings (SSSR count). The minimum absolute atomic E-state index is 0.0759. The van der Waals surface area contributed by atoms with E-state index in [-0.39, 0.29) is 23.0 Å². The number of halogens is 1. The Morgan fingerprint density at radius 1 is 1.47 bits per heavy atom. The van der Waals surface area contributed by atoms with Crippen molar-refractivity contribution >= 4 is 28.9 Å². The molecule has 1 heterocycles. The van der Waals surface area contributed by atoms with Gasteiger partial charge in [-0.05, 0) is 6.07 Å². The summed E-state index contributed by atoms with van der Waals surface area (Å²) in [6.45, 7) is 3.73. The second kappa shape index (κ2) is 4.62. The van der Waals surface area contributed by atoms with Crippen LogP contribution in [0.5, 0.6) is 0 Å². The van der Waals surface area contributed by atoms with Crippen LogP contribution in [0.15, 0.2) is 23.3 Å². The molecule has 0 saturated heterocycles. The van der Waals surface area contributed by atoms with Gasteiger partial charge in [0, 0.05) is 23.5 Å². The number of nitro benzene ring substituents is 1. The van der Waals surface area contributed by atoms with Gasteiger partial charge in [-0.25, -0.2) is 5.43 Å². The number of nitrogens with zero attached hydrogens (tertiary/aromatic N) is 2. The van der Waals surface area contributed by atoms with Crippen molar-refractivity contribution in [1.82, 2.24) is 5.43 Å². The van der Waals surface area contributed by atoms with Gasteiger partial charge in [0.25, 0.3) is 5.69 Å². The molecule has 1 aromatic rings. The lowest BCUT2D eigenvalue weighted by atomic mass is 9.79. The Kier molecular flexibility index (Phi) is 3.28. The first-order valence-corrected chi connectivity index (χ1v) is 6.00. The first-order valence-electron chi connectivity index (χ1n) is 5.62. The van der Waals surface area contributed by atoms with E-state index in [4.69, 9.17) is 11.6 Å². The van der Waals surface area contributed by atoms with Gasteiger partial charge in [0.2, 0.25) is 5.91 Å². The molecule has 0 bridgehead atoms. The number of hydrogen-bond donors (Lipinski definition) is 1. The van der Waals surface area contributed by atoms with E-state index in [1.165, 1.54) is 12.1 Å². The molecule has 0 aromatic heterocycles. The van der Waals surface area contributed by atoms with Gasteiger partial charge in [0.05, 0.1) is 10.6 Å². The van der Waals surface area contributed by atoms with Crippen LogP contribution in [0.1, 0.15) is 25.8 Å². The van der Waals surface area contributed by atoms with Gasteiger partial charge in [-0.2, -0.15) is 5.10 Å². The maximum Gasteiger partial charge on any atom is 0.288 e. The maximum atomic E-state index is 11.3. The van der Waals surface area contributed by atoms with E-state index in [9.17, 15) is 14.9 Å². The third-order valence-corrected chi connectivity index (χ3v) is 3.27. The summed E-state index contributed by atoms with van der Waals surface area (Å²) < 4.78 is 0. The van der Waals surface area contributed by atoms with Crippen LogP contribution in [-0.4, -0.2) is 16.5 Å². The number of amides is 1. The molecule has 0 atom stereocenters. The van der Waals surface area contributed by atoms with Crippen molar-refractivity contribution in [2.75, 3.05) is 0 Å². The fourth-order valence-electron chi connectivity index (χ4n) is 2.05. The van der Waals surface area contributed by atoms with Crippen LogP contribution in [-0.2, 0) is 4.79 Å². The number of nitro groups is 1. The highest BCUT2D eigenvalue weighted by molar-refractivity contribution is 6.32. The SMILES string of the molecule is CC1(C)CC(=O)NN=C1c1ccc(Cl)c([N+](=O)[O-])c1. The first-order chi connectivity index (χ1) is 8.81. The molecular formula is C12H12ClN3O3. The molecule has 100 valence electrons. The zero-order valence-electron chi connectivity index (χ0n) is 10.4. The number of rotatable bonds is 2. The Morgan fingerprint density at radius 3 is 2.74 bits per heavy atom. The van der Waals surface area contributed by atoms with E-state index in [0.717, 1.165) is 0 Å². The molecule has 19 heavy (non-hydrogen) atoms. The molecule has 7 heteroatoms. The number of benzene rings is 1. The second-order valence-electron chi connectivity index (χ2n) is 4.98. The summed E-state index contributed by atoms with van der Waals surface area (Å²) in [6, 6.07) is 4.50. The van der Waals surface area contributed by atoms with Crippen LogP contribution >= 0.6 is 11.6 Å². The van der Waals surface area contributed by atoms with Gasteiger partial charge >= 0.3 is 0 Å². The molecule has 1 aliphatic rings. The normalized spacial score (nSPS) is 17.6. The summed E-state index contributed by atoms with van der Waals surface area (Å²) >= 11 is 5.77. The zero-order chi connectivity index (χ0) is 14.2. The number of hydrazone groups is 1. The molecule has 1 N–H and O–H groups in total. The molecule has 0 fully saturated rings. The zero-order valence-corrected chi connectivity index (χ0v) is 11.2. The summed E-state index contributed by atoms with van der Waals surface area (Å²) in [7, 11) is 0. The van der Waals surface area contributed by atoms with Gasteiger partial charge < -0.3 is 0 Å². The van der Waals surface area contributed by atoms with Crippen LogP contribution in [0.4, 0.5) is 5.69 Å². The van der Waals surface area contributed by atoms with E-state index < -0.39 is 10.3 Å². The van der Waals surface area contributed by atoms with E-state index >= 15 is 0 Å². The van der Waals surface area contributed by atoms with E-state index in [1.54, 1.807) is 6.07 Å². The van der Waals surface area contributed by atoms with Crippen molar-refractivity contribution in [3.8, 4) is 0 Å². The topological polar surface area (TPSA) is 84.6 Å². The summed E-state index contributed by atoms with van der Waals surface area (Å²) in [5.74, 6) is -0.169. The minimum Gasteiger partial charge on any atom is -0.273 e. The molecule has 6 nitrogen and oxygen atoms in total. The maximum absolute atomic E-state index is 11.3. The highest BCUT2D eigenvalue weighted by atomic mass is 35.5. The summed E-state index contributed by atoms with van der Waals surface area (Å²) in [4.78, 5) is 21.7. The fraction of sp³-hybridized carbons (Fsp3) is 0.333. The lowest BCUT2D eigenvalue weighted by Crippen LogP contribution is -2.39. The average molecular weight is 282 g/mol. The van der Waals surface area contributed by atoms with Crippen molar-refractivity contribution in [3.05, 3.63) is 38.9 Å². The fourth-order valence-corrected chi connectivity index (χ4v) is 2.24. The van der Waals surface area contributed by atoms with Crippen molar-refractivity contribution in [2.24, 2.45) is 10.5 Å². The molecule has 0 radical (unpaired) electrons. The quantitative estimate of drug-likeness (QED) is 0.667. The van der Waals surface area contributed by atoms with Gasteiger partial charge in [-0.1, -0.05) is 31.5 Å². The van der Waals surface area contributed by atoms with Crippen molar-refractivity contribution < 1.29 is 9.72 Å². The number of carbonyl (C=O) groups excluding carboxylic acids is 1. The van der Waals surface area contributed by atoms with Crippen LogP contribution in [0, 0.1) is 15.5 Å². The monoisotopic (exact) mass is 281 g/mol. The van der Waals surface area contributed by atoms with Crippen molar-refractivity contribution in [2.45, 2.75) is 20.3 Å². The standard InChI is InChI=1S/C12H12ClN3O3/c1-12(2)6-10(17)14-15-11(12)7-3-4-8(13)9(5-7)16(18)19/h3-5H,6H2,1-2H3,(H,14,17). The molecular weight excluding hydrogens is 270 g/mol. The van der Waals surface area contributed by atoms with E-state index in [0.29, 0.717) is 11.3 Å². The van der Waals surface area contributed by atoms with Crippen LogP contribution in [0.2, 0.25) is 5.02 Å². The smallest absolute Gasteiger partial charge is 0.273 e. The Hall–Kier alpha value is -1.95. The number of carbonyl (C=O) groups is 1.